The Morgan fingerprint density at radius 2 is 2.29 bits per heavy atom. The number of nitrogens with zero attached hydrogens (tertiary/aromatic N) is 2. The lowest BCUT2D eigenvalue weighted by Gasteiger charge is -2.38. The predicted molar refractivity (Wildman–Crippen MR) is 83.1 cm³/mol. The van der Waals surface area contributed by atoms with Crippen LogP contribution in [-0.2, 0) is 6.54 Å². The van der Waals surface area contributed by atoms with Crippen LogP contribution in [0, 0.1) is 5.92 Å². The van der Waals surface area contributed by atoms with Gasteiger partial charge in [0.2, 0.25) is 5.76 Å². The number of hydrogen-bond donors (Lipinski definition) is 1. The fourth-order valence-corrected chi connectivity index (χ4v) is 3.04. The zero-order valence-electron chi connectivity index (χ0n) is 12.2. The molecule has 1 aliphatic rings. The SMILES string of the molecule is CC1CCCN(Cc2cc(-c3ccco3)on2)C1CN.Cl. The molecule has 3 rings (SSSR count). The minimum atomic E-state index is 0. The maximum Gasteiger partial charge on any atom is 0.202 e. The molecule has 2 aromatic rings. The molecule has 116 valence electrons. The van der Waals surface area contributed by atoms with E-state index in [1.807, 2.05) is 18.2 Å². The van der Waals surface area contributed by atoms with Gasteiger partial charge in [-0.15, -0.1) is 12.4 Å². The second kappa shape index (κ2) is 7.11. The van der Waals surface area contributed by atoms with Crippen molar-refractivity contribution >= 4 is 12.4 Å². The molecule has 21 heavy (non-hydrogen) atoms. The summed E-state index contributed by atoms with van der Waals surface area (Å²) >= 11 is 0. The Labute approximate surface area is 130 Å². The first-order chi connectivity index (χ1) is 9.78. The summed E-state index contributed by atoms with van der Waals surface area (Å²) in [6, 6.07) is 6.10. The minimum absolute atomic E-state index is 0. The Bertz CT molecular complexity index is 541. The highest BCUT2D eigenvalue weighted by Gasteiger charge is 2.28. The molecule has 0 amide bonds. The van der Waals surface area contributed by atoms with E-state index < -0.39 is 0 Å². The zero-order valence-corrected chi connectivity index (χ0v) is 13.0. The monoisotopic (exact) mass is 311 g/mol. The van der Waals surface area contributed by atoms with Gasteiger partial charge in [-0.05, 0) is 37.4 Å². The van der Waals surface area contributed by atoms with Crippen molar-refractivity contribution in [1.29, 1.82) is 0 Å². The van der Waals surface area contributed by atoms with Crippen LogP contribution in [0.15, 0.2) is 33.4 Å². The number of likely N-dealkylation sites (tertiary alicyclic amines) is 1. The number of rotatable bonds is 4. The molecular weight excluding hydrogens is 290 g/mol. The molecule has 1 fully saturated rings. The first-order valence-electron chi connectivity index (χ1n) is 7.21. The van der Waals surface area contributed by atoms with Crippen LogP contribution in [0.1, 0.15) is 25.5 Å². The molecule has 0 aromatic carbocycles. The normalized spacial score (nSPS) is 23.0. The summed E-state index contributed by atoms with van der Waals surface area (Å²) < 4.78 is 10.7. The average molecular weight is 312 g/mol. The second-order valence-corrected chi connectivity index (χ2v) is 5.55. The molecule has 1 saturated heterocycles. The summed E-state index contributed by atoms with van der Waals surface area (Å²) in [4.78, 5) is 2.41. The van der Waals surface area contributed by atoms with Gasteiger partial charge in [0.25, 0.3) is 0 Å². The highest BCUT2D eigenvalue weighted by Crippen LogP contribution is 2.26. The zero-order chi connectivity index (χ0) is 13.9. The highest BCUT2D eigenvalue weighted by molar-refractivity contribution is 5.85. The molecule has 0 bridgehead atoms. The lowest BCUT2D eigenvalue weighted by molar-refractivity contribution is 0.0966. The summed E-state index contributed by atoms with van der Waals surface area (Å²) in [5.74, 6) is 2.04. The number of halogens is 1. The molecule has 0 spiro atoms. The number of piperidine rings is 1. The predicted octanol–water partition coefficient (Wildman–Crippen LogP) is 2.92. The summed E-state index contributed by atoms with van der Waals surface area (Å²) in [6.07, 6.45) is 4.11. The third-order valence-corrected chi connectivity index (χ3v) is 4.16. The van der Waals surface area contributed by atoms with E-state index in [9.17, 15) is 0 Å². The van der Waals surface area contributed by atoms with E-state index in [1.165, 1.54) is 12.8 Å². The van der Waals surface area contributed by atoms with Gasteiger partial charge in [-0.3, -0.25) is 4.90 Å². The summed E-state index contributed by atoms with van der Waals surface area (Å²) in [6.45, 7) is 4.84. The van der Waals surface area contributed by atoms with Crippen molar-refractivity contribution < 1.29 is 8.94 Å². The van der Waals surface area contributed by atoms with Crippen LogP contribution in [0.25, 0.3) is 11.5 Å². The molecule has 1 aliphatic heterocycles. The quantitative estimate of drug-likeness (QED) is 0.940. The van der Waals surface area contributed by atoms with Crippen LogP contribution >= 0.6 is 12.4 Å². The third kappa shape index (κ3) is 3.48. The van der Waals surface area contributed by atoms with E-state index in [-0.39, 0.29) is 12.4 Å². The standard InChI is InChI=1S/C15H21N3O2.ClH/c1-11-4-2-6-18(13(11)9-16)10-12-8-15(20-17-12)14-5-3-7-19-14;/h3,5,7-8,11,13H,2,4,6,9-10,16H2,1H3;1H. The number of nitrogens with two attached hydrogens (primary N) is 1. The van der Waals surface area contributed by atoms with Crippen LogP contribution in [-0.4, -0.2) is 29.2 Å². The highest BCUT2D eigenvalue weighted by atomic mass is 35.5. The van der Waals surface area contributed by atoms with Gasteiger partial charge >= 0.3 is 0 Å². The second-order valence-electron chi connectivity index (χ2n) is 5.55. The molecule has 2 atom stereocenters. The average Bonchev–Trinajstić information content (AvgIpc) is 3.09. The maximum atomic E-state index is 5.92. The van der Waals surface area contributed by atoms with E-state index >= 15 is 0 Å². The molecule has 6 heteroatoms. The Morgan fingerprint density at radius 3 is 3.00 bits per heavy atom. The lowest BCUT2D eigenvalue weighted by Crippen LogP contribution is -2.48. The molecule has 0 radical (unpaired) electrons. The summed E-state index contributed by atoms with van der Waals surface area (Å²) in [5, 5.41) is 4.14. The summed E-state index contributed by atoms with van der Waals surface area (Å²) in [5.41, 5.74) is 6.85. The Morgan fingerprint density at radius 1 is 1.43 bits per heavy atom. The van der Waals surface area contributed by atoms with E-state index in [0.29, 0.717) is 30.0 Å². The van der Waals surface area contributed by atoms with Crippen LogP contribution in [0.4, 0.5) is 0 Å². The van der Waals surface area contributed by atoms with E-state index in [4.69, 9.17) is 14.7 Å². The molecule has 2 aromatic heterocycles. The number of furan rings is 1. The van der Waals surface area contributed by atoms with Gasteiger partial charge in [-0.1, -0.05) is 12.1 Å². The number of hydrogen-bond acceptors (Lipinski definition) is 5. The number of aromatic nitrogens is 1. The molecular formula is C15H22ClN3O2. The van der Waals surface area contributed by atoms with Gasteiger partial charge in [0.05, 0.1) is 12.0 Å². The van der Waals surface area contributed by atoms with Gasteiger partial charge in [-0.25, -0.2) is 0 Å². The molecule has 0 aliphatic carbocycles. The van der Waals surface area contributed by atoms with Gasteiger partial charge in [0.1, 0.15) is 0 Å². The van der Waals surface area contributed by atoms with Crippen molar-refractivity contribution in [2.24, 2.45) is 11.7 Å². The molecule has 5 nitrogen and oxygen atoms in total. The Kier molecular flexibility index (Phi) is 5.45. The molecule has 0 saturated carbocycles. The molecule has 3 heterocycles. The molecule has 2 N–H and O–H groups in total. The largest absolute Gasteiger partial charge is 0.461 e. The topological polar surface area (TPSA) is 68.4 Å². The van der Waals surface area contributed by atoms with Gasteiger partial charge in [0.15, 0.2) is 5.76 Å². The van der Waals surface area contributed by atoms with Crippen molar-refractivity contribution in [3.05, 3.63) is 30.2 Å². The molecule has 2 unspecified atom stereocenters. The van der Waals surface area contributed by atoms with E-state index in [2.05, 4.69) is 17.0 Å². The van der Waals surface area contributed by atoms with Crippen molar-refractivity contribution in [3.8, 4) is 11.5 Å². The maximum absolute atomic E-state index is 5.92. The van der Waals surface area contributed by atoms with Crippen LogP contribution in [0.3, 0.4) is 0 Å². The smallest absolute Gasteiger partial charge is 0.202 e. The first-order valence-corrected chi connectivity index (χ1v) is 7.21. The van der Waals surface area contributed by atoms with Gasteiger partial charge < -0.3 is 14.7 Å². The minimum Gasteiger partial charge on any atom is -0.461 e. The van der Waals surface area contributed by atoms with Crippen LogP contribution < -0.4 is 5.73 Å². The Hall–Kier alpha value is -1.30. The van der Waals surface area contributed by atoms with E-state index in [1.54, 1.807) is 6.26 Å². The van der Waals surface area contributed by atoms with Gasteiger partial charge in [-0.2, -0.15) is 0 Å². The third-order valence-electron chi connectivity index (χ3n) is 4.16. The van der Waals surface area contributed by atoms with Crippen molar-refractivity contribution in [3.63, 3.8) is 0 Å². The lowest BCUT2D eigenvalue weighted by atomic mass is 9.90. The van der Waals surface area contributed by atoms with Gasteiger partial charge in [0, 0.05) is 25.2 Å². The van der Waals surface area contributed by atoms with Crippen molar-refractivity contribution in [2.75, 3.05) is 13.1 Å². The Balaban J connectivity index is 0.00000161. The summed E-state index contributed by atoms with van der Waals surface area (Å²) in [7, 11) is 0. The van der Waals surface area contributed by atoms with E-state index in [0.717, 1.165) is 18.8 Å². The fraction of sp³-hybridized carbons (Fsp3) is 0.533. The van der Waals surface area contributed by atoms with Crippen molar-refractivity contribution in [2.45, 2.75) is 32.4 Å². The van der Waals surface area contributed by atoms with Crippen LogP contribution in [0.2, 0.25) is 0 Å². The fourth-order valence-electron chi connectivity index (χ4n) is 3.04. The van der Waals surface area contributed by atoms with Crippen molar-refractivity contribution in [1.82, 2.24) is 10.1 Å². The first kappa shape index (κ1) is 16.1. The van der Waals surface area contributed by atoms with Crippen LogP contribution in [0.5, 0.6) is 0 Å².